The van der Waals surface area contributed by atoms with E-state index in [-0.39, 0.29) is 11.4 Å². The molecule has 106 valence electrons. The molecular weight excluding hydrogens is 270 g/mol. The molecule has 1 aliphatic rings. The van der Waals surface area contributed by atoms with E-state index in [9.17, 15) is 18.3 Å². The Morgan fingerprint density at radius 2 is 2.11 bits per heavy atom. The number of carbonyl (C=O) groups is 1. The summed E-state index contributed by atoms with van der Waals surface area (Å²) in [5.41, 5.74) is -0.594. The summed E-state index contributed by atoms with van der Waals surface area (Å²) >= 11 is 0. The molecule has 0 aliphatic carbocycles. The van der Waals surface area contributed by atoms with Crippen molar-refractivity contribution in [2.24, 2.45) is 0 Å². The van der Waals surface area contributed by atoms with Crippen LogP contribution in [0.15, 0.2) is 4.90 Å². The number of H-pyrrole nitrogens is 1. The minimum absolute atomic E-state index is 0.0851. The van der Waals surface area contributed by atoms with Crippen molar-refractivity contribution in [2.75, 3.05) is 6.54 Å². The summed E-state index contributed by atoms with van der Waals surface area (Å²) < 4.78 is 26.4. The Balaban J connectivity index is 2.55. The highest BCUT2D eigenvalue weighted by Crippen LogP contribution is 2.35. The fraction of sp³-hybridized carbons (Fsp3) is 0.636. The Labute approximate surface area is 111 Å². The van der Waals surface area contributed by atoms with Crippen LogP contribution >= 0.6 is 0 Å². The van der Waals surface area contributed by atoms with Crippen LogP contribution in [0, 0.1) is 13.8 Å². The molecule has 0 aromatic carbocycles. The maximum Gasteiger partial charge on any atom is 0.324 e. The molecule has 2 N–H and O–H groups in total. The van der Waals surface area contributed by atoms with Crippen molar-refractivity contribution < 1.29 is 18.3 Å². The zero-order chi connectivity index (χ0) is 14.4. The lowest BCUT2D eigenvalue weighted by Gasteiger charge is -2.30. The predicted molar refractivity (Wildman–Crippen MR) is 67.2 cm³/mol. The number of sulfonamides is 1. The Bertz CT molecular complexity index is 602. The third-order valence-electron chi connectivity index (χ3n) is 3.64. The summed E-state index contributed by atoms with van der Waals surface area (Å²) in [6.07, 6.45) is 0.857. The zero-order valence-corrected chi connectivity index (χ0v) is 11.9. The molecule has 0 radical (unpaired) electrons. The highest BCUT2D eigenvalue weighted by Gasteiger charge is 2.50. The summed E-state index contributed by atoms with van der Waals surface area (Å²) in [5, 5.41) is 15.8. The Morgan fingerprint density at radius 3 is 2.58 bits per heavy atom. The van der Waals surface area contributed by atoms with Gasteiger partial charge in [0.05, 0.1) is 11.4 Å². The van der Waals surface area contributed by atoms with Gasteiger partial charge in [-0.2, -0.15) is 9.40 Å². The third kappa shape index (κ3) is 1.95. The average molecular weight is 287 g/mol. The summed E-state index contributed by atoms with van der Waals surface area (Å²) in [6.45, 7) is 4.87. The van der Waals surface area contributed by atoms with Gasteiger partial charge in [-0.15, -0.1) is 0 Å². The van der Waals surface area contributed by atoms with Crippen molar-refractivity contribution in [3.05, 3.63) is 11.4 Å². The van der Waals surface area contributed by atoms with Crippen molar-refractivity contribution in [2.45, 2.75) is 44.0 Å². The van der Waals surface area contributed by atoms with Gasteiger partial charge in [0.15, 0.2) is 0 Å². The van der Waals surface area contributed by atoms with Crippen LogP contribution in [0.5, 0.6) is 0 Å². The van der Waals surface area contributed by atoms with E-state index in [1.165, 1.54) is 6.92 Å². The van der Waals surface area contributed by atoms with E-state index >= 15 is 0 Å². The van der Waals surface area contributed by atoms with Crippen LogP contribution in [0.1, 0.15) is 31.2 Å². The number of hydrogen-bond donors (Lipinski definition) is 2. The van der Waals surface area contributed by atoms with Gasteiger partial charge in [0.2, 0.25) is 10.0 Å². The molecular formula is C11H17N3O4S. The third-order valence-corrected chi connectivity index (χ3v) is 5.93. The van der Waals surface area contributed by atoms with Gasteiger partial charge in [-0.1, -0.05) is 0 Å². The second-order valence-electron chi connectivity index (χ2n) is 5.02. The number of aromatic amines is 1. The molecule has 1 fully saturated rings. The van der Waals surface area contributed by atoms with Crippen LogP contribution in [-0.4, -0.2) is 46.1 Å². The van der Waals surface area contributed by atoms with E-state index in [0.717, 1.165) is 4.31 Å². The smallest absolute Gasteiger partial charge is 0.324 e. The average Bonchev–Trinajstić information content (AvgIpc) is 2.84. The van der Waals surface area contributed by atoms with E-state index in [1.807, 2.05) is 0 Å². The molecule has 1 unspecified atom stereocenters. The molecule has 1 aliphatic heterocycles. The molecule has 0 spiro atoms. The number of nitrogens with zero attached hydrogens (tertiary/aromatic N) is 2. The first-order valence-corrected chi connectivity index (χ1v) is 7.43. The minimum atomic E-state index is -3.85. The molecule has 1 atom stereocenters. The maximum absolute atomic E-state index is 12.7. The van der Waals surface area contributed by atoms with E-state index in [1.54, 1.807) is 13.8 Å². The van der Waals surface area contributed by atoms with Gasteiger partial charge in [0.1, 0.15) is 10.4 Å². The number of nitrogens with one attached hydrogen (secondary N) is 1. The standard InChI is InChI=1S/C11H17N3O4S/c1-7-9(8(2)13-12-7)19(17,18)14-6-4-5-11(14,3)10(15)16/h4-6H2,1-3H3,(H,12,13)(H,15,16). The number of aryl methyl sites for hydroxylation is 2. The van der Waals surface area contributed by atoms with Crippen molar-refractivity contribution in [1.29, 1.82) is 0 Å². The maximum atomic E-state index is 12.7. The van der Waals surface area contributed by atoms with Gasteiger partial charge < -0.3 is 5.11 Å². The van der Waals surface area contributed by atoms with Crippen LogP contribution in [0.4, 0.5) is 0 Å². The van der Waals surface area contributed by atoms with Gasteiger partial charge in [-0.05, 0) is 33.6 Å². The molecule has 19 heavy (non-hydrogen) atoms. The second-order valence-corrected chi connectivity index (χ2v) is 6.82. The fourth-order valence-corrected chi connectivity index (χ4v) is 4.71. The van der Waals surface area contributed by atoms with E-state index in [4.69, 9.17) is 0 Å². The van der Waals surface area contributed by atoms with E-state index < -0.39 is 21.5 Å². The normalized spacial score (nSPS) is 24.8. The van der Waals surface area contributed by atoms with Gasteiger partial charge in [-0.3, -0.25) is 9.89 Å². The molecule has 0 bridgehead atoms. The lowest BCUT2D eigenvalue weighted by Crippen LogP contribution is -2.50. The highest BCUT2D eigenvalue weighted by atomic mass is 32.2. The lowest BCUT2D eigenvalue weighted by atomic mass is 10.0. The van der Waals surface area contributed by atoms with Crippen LogP contribution in [0.3, 0.4) is 0 Å². The summed E-state index contributed by atoms with van der Waals surface area (Å²) in [4.78, 5) is 11.5. The van der Waals surface area contributed by atoms with Crippen molar-refractivity contribution in [3.63, 3.8) is 0 Å². The first-order chi connectivity index (χ1) is 8.71. The molecule has 7 nitrogen and oxygen atoms in total. The van der Waals surface area contributed by atoms with Crippen molar-refractivity contribution in [3.8, 4) is 0 Å². The molecule has 8 heteroatoms. The monoisotopic (exact) mass is 287 g/mol. The zero-order valence-electron chi connectivity index (χ0n) is 11.1. The first-order valence-electron chi connectivity index (χ1n) is 5.99. The molecule has 1 aromatic rings. The first kappa shape index (κ1) is 14.0. The predicted octanol–water partition coefficient (Wildman–Crippen LogP) is 0.654. The number of rotatable bonds is 3. The summed E-state index contributed by atoms with van der Waals surface area (Å²) in [6, 6.07) is 0. The lowest BCUT2D eigenvalue weighted by molar-refractivity contribution is -0.146. The number of hydrogen-bond acceptors (Lipinski definition) is 4. The van der Waals surface area contributed by atoms with Gasteiger partial charge >= 0.3 is 5.97 Å². The number of aliphatic carboxylic acids is 1. The molecule has 0 amide bonds. The number of carboxylic acid groups (broad SMARTS) is 1. The summed E-state index contributed by atoms with van der Waals surface area (Å²) in [5.74, 6) is -1.12. The largest absolute Gasteiger partial charge is 0.480 e. The molecule has 1 saturated heterocycles. The fourth-order valence-electron chi connectivity index (χ4n) is 2.57. The summed E-state index contributed by atoms with van der Waals surface area (Å²) in [7, 11) is -3.85. The van der Waals surface area contributed by atoms with Gasteiger partial charge in [0.25, 0.3) is 0 Å². The Kier molecular flexibility index (Phi) is 3.18. The molecule has 0 saturated carbocycles. The van der Waals surface area contributed by atoms with Crippen molar-refractivity contribution >= 4 is 16.0 Å². The van der Waals surface area contributed by atoms with Crippen LogP contribution in [0.2, 0.25) is 0 Å². The van der Waals surface area contributed by atoms with Gasteiger partial charge in [0, 0.05) is 6.54 Å². The van der Waals surface area contributed by atoms with Crippen LogP contribution in [0.25, 0.3) is 0 Å². The number of aromatic nitrogens is 2. The quantitative estimate of drug-likeness (QED) is 0.849. The molecule has 2 heterocycles. The molecule has 1 aromatic heterocycles. The second kappa shape index (κ2) is 4.31. The van der Waals surface area contributed by atoms with Gasteiger partial charge in [-0.25, -0.2) is 8.42 Å². The SMILES string of the molecule is Cc1n[nH]c(C)c1S(=O)(=O)N1CCCC1(C)C(=O)O. The van der Waals surface area contributed by atoms with E-state index in [2.05, 4.69) is 10.2 Å². The number of carboxylic acids is 1. The van der Waals surface area contributed by atoms with Crippen LogP contribution in [-0.2, 0) is 14.8 Å². The highest BCUT2D eigenvalue weighted by molar-refractivity contribution is 7.89. The van der Waals surface area contributed by atoms with E-state index in [0.29, 0.717) is 24.2 Å². The van der Waals surface area contributed by atoms with Crippen molar-refractivity contribution in [1.82, 2.24) is 14.5 Å². The van der Waals surface area contributed by atoms with Crippen LogP contribution < -0.4 is 0 Å². The minimum Gasteiger partial charge on any atom is -0.480 e. The Morgan fingerprint density at radius 1 is 1.47 bits per heavy atom. The molecule has 2 rings (SSSR count). The topological polar surface area (TPSA) is 103 Å². The Hall–Kier alpha value is -1.41.